The lowest BCUT2D eigenvalue weighted by Crippen LogP contribution is -2.60. The number of methoxy groups -OCH3 is 1. The first-order valence-corrected chi connectivity index (χ1v) is 11.3. The molecule has 202 valence electrons. The Morgan fingerprint density at radius 1 is 1.00 bits per heavy atom. The fourth-order valence-electron chi connectivity index (χ4n) is 3.88. The maximum Gasteiger partial charge on any atom is 0.317 e. The van der Waals surface area contributed by atoms with Gasteiger partial charge in [0.25, 0.3) is 0 Å². The molecule has 0 bridgehead atoms. The first-order valence-electron chi connectivity index (χ1n) is 11.3. The molecule has 2 aromatic carbocycles. The molecule has 1 aromatic heterocycles. The van der Waals surface area contributed by atoms with Gasteiger partial charge in [0.15, 0.2) is 0 Å². The number of esters is 1. The molecule has 1 saturated heterocycles. The molecule has 1 aliphatic rings. The van der Waals surface area contributed by atoms with Crippen LogP contribution in [0.2, 0.25) is 0 Å². The number of aliphatic hydroxyl groups is 3. The number of rotatable bonds is 8. The van der Waals surface area contributed by atoms with Crippen molar-refractivity contribution in [3.05, 3.63) is 52.9 Å². The van der Waals surface area contributed by atoms with E-state index in [9.17, 15) is 34.8 Å². The molecule has 13 heteroatoms. The molecule has 1 aliphatic heterocycles. The molecule has 0 spiro atoms. The van der Waals surface area contributed by atoms with E-state index in [0.717, 1.165) is 6.07 Å². The number of carboxylic acids is 1. The lowest BCUT2D eigenvalue weighted by molar-refractivity contribution is -0.278. The summed E-state index contributed by atoms with van der Waals surface area (Å²) in [6, 6.07) is 8.97. The minimum Gasteiger partial charge on any atom is -0.507 e. The SMILES string of the molecule is COc1ccc(-c2coc3cc(O[C@@H]4O[C@@H](COC(=O)CC(=O)O)[C@@H](O)[C@H](O)[C@H]4O)cc(O)c3c2=O)cc1. The molecule has 0 saturated carbocycles. The summed E-state index contributed by atoms with van der Waals surface area (Å²) in [7, 11) is 1.51. The number of aliphatic hydroxyl groups excluding tert-OH is 3. The van der Waals surface area contributed by atoms with Gasteiger partial charge in [0.05, 0.1) is 12.7 Å². The highest BCUT2D eigenvalue weighted by molar-refractivity contribution is 5.90. The lowest BCUT2D eigenvalue weighted by Gasteiger charge is -2.39. The van der Waals surface area contributed by atoms with Gasteiger partial charge in [-0.25, -0.2) is 0 Å². The third-order valence-corrected chi connectivity index (χ3v) is 5.86. The number of benzene rings is 2. The summed E-state index contributed by atoms with van der Waals surface area (Å²) in [5.74, 6) is -2.55. The van der Waals surface area contributed by atoms with E-state index < -0.39 is 66.9 Å². The zero-order valence-electron chi connectivity index (χ0n) is 19.8. The van der Waals surface area contributed by atoms with E-state index in [0.29, 0.717) is 11.3 Å². The Balaban J connectivity index is 1.55. The molecule has 3 aromatic rings. The number of phenols is 1. The van der Waals surface area contributed by atoms with Gasteiger partial charge >= 0.3 is 11.9 Å². The highest BCUT2D eigenvalue weighted by Gasteiger charge is 2.45. The normalized spacial score (nSPS) is 23.1. The largest absolute Gasteiger partial charge is 0.507 e. The Labute approximate surface area is 214 Å². The zero-order valence-corrected chi connectivity index (χ0v) is 19.8. The van der Waals surface area contributed by atoms with E-state index in [1.54, 1.807) is 24.3 Å². The van der Waals surface area contributed by atoms with Crippen molar-refractivity contribution in [2.24, 2.45) is 0 Å². The smallest absolute Gasteiger partial charge is 0.317 e. The molecule has 0 amide bonds. The second kappa shape index (κ2) is 11.1. The monoisotopic (exact) mass is 532 g/mol. The molecule has 38 heavy (non-hydrogen) atoms. The first kappa shape index (κ1) is 26.9. The van der Waals surface area contributed by atoms with Gasteiger partial charge in [-0.05, 0) is 17.7 Å². The molecule has 13 nitrogen and oxygen atoms in total. The molecule has 5 N–H and O–H groups in total. The minimum atomic E-state index is -1.78. The van der Waals surface area contributed by atoms with E-state index in [1.165, 1.54) is 19.4 Å². The fraction of sp³-hybridized carbons (Fsp3) is 0.320. The van der Waals surface area contributed by atoms with Crippen LogP contribution in [-0.4, -0.2) is 81.9 Å². The van der Waals surface area contributed by atoms with Crippen molar-refractivity contribution in [3.8, 4) is 28.4 Å². The molecule has 1 fully saturated rings. The predicted molar refractivity (Wildman–Crippen MR) is 127 cm³/mol. The van der Waals surface area contributed by atoms with Crippen molar-refractivity contribution >= 4 is 22.9 Å². The Morgan fingerprint density at radius 3 is 2.37 bits per heavy atom. The number of ether oxygens (including phenoxy) is 4. The molecule has 0 unspecified atom stereocenters. The van der Waals surface area contributed by atoms with E-state index in [4.69, 9.17) is 28.5 Å². The number of phenolic OH excluding ortho intramolecular Hbond substituents is 1. The van der Waals surface area contributed by atoms with Crippen molar-refractivity contribution in [1.82, 2.24) is 0 Å². The number of fused-ring (bicyclic) bond motifs is 1. The number of aliphatic carboxylic acids is 1. The average Bonchev–Trinajstić information content (AvgIpc) is 2.88. The Morgan fingerprint density at radius 2 is 1.71 bits per heavy atom. The van der Waals surface area contributed by atoms with Crippen LogP contribution in [0.15, 0.2) is 51.9 Å². The molecule has 5 atom stereocenters. The van der Waals surface area contributed by atoms with Gasteiger partial charge in [-0.2, -0.15) is 0 Å². The van der Waals surface area contributed by atoms with Crippen LogP contribution < -0.4 is 14.9 Å². The van der Waals surface area contributed by atoms with Crippen LogP contribution in [-0.2, 0) is 19.1 Å². The molecule has 4 rings (SSSR count). The Bertz CT molecular complexity index is 1380. The summed E-state index contributed by atoms with van der Waals surface area (Å²) in [4.78, 5) is 35.2. The number of carbonyl (C=O) groups is 2. The summed E-state index contributed by atoms with van der Waals surface area (Å²) >= 11 is 0. The second-order valence-electron chi connectivity index (χ2n) is 8.41. The van der Waals surface area contributed by atoms with Crippen molar-refractivity contribution in [2.75, 3.05) is 13.7 Å². The molecule has 2 heterocycles. The van der Waals surface area contributed by atoms with Crippen molar-refractivity contribution in [3.63, 3.8) is 0 Å². The maximum atomic E-state index is 13.1. The van der Waals surface area contributed by atoms with Crippen molar-refractivity contribution in [2.45, 2.75) is 37.1 Å². The highest BCUT2D eigenvalue weighted by atomic mass is 16.7. The van der Waals surface area contributed by atoms with Crippen LogP contribution in [0.5, 0.6) is 17.2 Å². The predicted octanol–water partition coefficient (Wildman–Crippen LogP) is 0.378. The van der Waals surface area contributed by atoms with Crippen LogP contribution in [0.1, 0.15) is 6.42 Å². The average molecular weight is 532 g/mol. The topological polar surface area (TPSA) is 202 Å². The van der Waals surface area contributed by atoms with Gasteiger partial charge in [-0.1, -0.05) is 12.1 Å². The summed E-state index contributed by atoms with van der Waals surface area (Å²) in [5, 5.41) is 49.8. The van der Waals surface area contributed by atoms with Gasteiger partial charge in [0.1, 0.15) is 71.9 Å². The van der Waals surface area contributed by atoms with Crippen LogP contribution in [0.4, 0.5) is 0 Å². The van der Waals surface area contributed by atoms with Gasteiger partial charge in [0, 0.05) is 12.1 Å². The number of hydrogen-bond donors (Lipinski definition) is 5. The van der Waals surface area contributed by atoms with E-state index in [2.05, 4.69) is 0 Å². The van der Waals surface area contributed by atoms with Crippen molar-refractivity contribution in [1.29, 1.82) is 0 Å². The standard InChI is InChI=1S/C25H24O13/c1-34-12-4-2-11(3-5-12)14-9-35-16-7-13(6-15(26)20(16)21(14)30)37-25-24(33)23(32)22(31)17(38-25)10-36-19(29)8-18(27)28/h2-7,9,17,22-26,31-33H,8,10H2,1H3,(H,27,28)/t17-,22+,23-,24+,25+/m0/s1. The summed E-state index contributed by atoms with van der Waals surface area (Å²) in [6.07, 6.45) is -7.94. The number of aromatic hydroxyl groups is 1. The maximum absolute atomic E-state index is 13.1. The van der Waals surface area contributed by atoms with Crippen LogP contribution >= 0.6 is 0 Å². The van der Waals surface area contributed by atoms with Crippen LogP contribution in [0, 0.1) is 0 Å². The zero-order chi connectivity index (χ0) is 27.6. The van der Waals surface area contributed by atoms with Gasteiger partial charge in [-0.15, -0.1) is 0 Å². The lowest BCUT2D eigenvalue weighted by atomic mass is 9.99. The summed E-state index contributed by atoms with van der Waals surface area (Å²) < 4.78 is 26.4. The third kappa shape index (κ3) is 5.55. The molecular weight excluding hydrogens is 508 g/mol. The fourth-order valence-corrected chi connectivity index (χ4v) is 3.88. The second-order valence-corrected chi connectivity index (χ2v) is 8.41. The molecule has 0 aliphatic carbocycles. The molecular formula is C25H24O13. The Kier molecular flexibility index (Phi) is 7.83. The number of carbonyl (C=O) groups excluding carboxylic acids is 1. The van der Waals surface area contributed by atoms with Gasteiger partial charge in [0.2, 0.25) is 11.7 Å². The quantitative estimate of drug-likeness (QED) is 0.197. The van der Waals surface area contributed by atoms with Gasteiger partial charge in [-0.3, -0.25) is 14.4 Å². The summed E-state index contributed by atoms with van der Waals surface area (Å²) in [6.45, 7) is -0.636. The van der Waals surface area contributed by atoms with E-state index in [-0.39, 0.29) is 22.3 Å². The number of carboxylic acid groups (broad SMARTS) is 1. The summed E-state index contributed by atoms with van der Waals surface area (Å²) in [5.41, 5.74) is 0.151. The third-order valence-electron chi connectivity index (χ3n) is 5.86. The minimum absolute atomic E-state index is 0.0488. The highest BCUT2D eigenvalue weighted by Crippen LogP contribution is 2.33. The Hall–Kier alpha value is -4.17. The van der Waals surface area contributed by atoms with Crippen molar-refractivity contribution < 1.29 is 58.5 Å². The van der Waals surface area contributed by atoms with Crippen LogP contribution in [0.25, 0.3) is 22.1 Å². The van der Waals surface area contributed by atoms with Crippen LogP contribution in [0.3, 0.4) is 0 Å². The van der Waals surface area contributed by atoms with Gasteiger partial charge < -0.3 is 48.9 Å². The number of hydrogen-bond acceptors (Lipinski definition) is 12. The first-order chi connectivity index (χ1) is 18.1. The molecule has 0 radical (unpaired) electrons. The van der Waals surface area contributed by atoms with E-state index >= 15 is 0 Å². The van der Waals surface area contributed by atoms with E-state index in [1.807, 2.05) is 0 Å².